The van der Waals surface area contributed by atoms with E-state index in [1.54, 1.807) is 12.2 Å². The van der Waals surface area contributed by atoms with Crippen LogP contribution in [-0.2, 0) is 28.5 Å². The smallest absolute Gasteiger partial charge is 0.303 e. The standard InChI is InChI=1S/C14H20O6/c1-4-5-8-17-14-7-6-12(19-11(3)16)13(20-14)9-18-10(2)15/h4-7,12-14H,8-9H2,1-3H3/b5-4+/t12-,13+,14?/m0/s1. The first-order chi connectivity index (χ1) is 9.52. The van der Waals surface area contributed by atoms with Crippen LogP contribution in [-0.4, -0.2) is 43.7 Å². The summed E-state index contributed by atoms with van der Waals surface area (Å²) in [6, 6.07) is 0. The molecule has 0 N–H and O–H groups in total. The van der Waals surface area contributed by atoms with E-state index < -0.39 is 30.4 Å². The zero-order valence-electron chi connectivity index (χ0n) is 11.9. The summed E-state index contributed by atoms with van der Waals surface area (Å²) in [6.07, 6.45) is 5.33. The first-order valence-corrected chi connectivity index (χ1v) is 6.40. The predicted octanol–water partition coefficient (Wildman–Crippen LogP) is 1.35. The highest BCUT2D eigenvalue weighted by Gasteiger charge is 2.30. The van der Waals surface area contributed by atoms with Crippen LogP contribution in [0, 0.1) is 0 Å². The lowest BCUT2D eigenvalue weighted by molar-refractivity contribution is -0.194. The minimum absolute atomic E-state index is 0.00109. The van der Waals surface area contributed by atoms with E-state index in [0.29, 0.717) is 6.61 Å². The molecular formula is C14H20O6. The highest BCUT2D eigenvalue weighted by atomic mass is 16.7. The van der Waals surface area contributed by atoms with E-state index in [-0.39, 0.29) is 6.61 Å². The SMILES string of the molecule is C/C=C/COC1C=C[C@H](OC(C)=O)[C@@H](COC(C)=O)O1. The van der Waals surface area contributed by atoms with Gasteiger partial charge in [-0.25, -0.2) is 0 Å². The molecule has 1 aliphatic rings. The van der Waals surface area contributed by atoms with Crippen molar-refractivity contribution in [1.29, 1.82) is 0 Å². The summed E-state index contributed by atoms with van der Waals surface area (Å²) in [5, 5.41) is 0. The highest BCUT2D eigenvalue weighted by molar-refractivity contribution is 5.66. The summed E-state index contributed by atoms with van der Waals surface area (Å²) >= 11 is 0. The van der Waals surface area contributed by atoms with Crippen LogP contribution in [0.2, 0.25) is 0 Å². The van der Waals surface area contributed by atoms with Gasteiger partial charge in [0.1, 0.15) is 18.8 Å². The van der Waals surface area contributed by atoms with E-state index in [4.69, 9.17) is 18.9 Å². The maximum absolute atomic E-state index is 11.0. The minimum Gasteiger partial charge on any atom is -0.463 e. The average molecular weight is 284 g/mol. The Labute approximate surface area is 118 Å². The summed E-state index contributed by atoms with van der Waals surface area (Å²) in [6.45, 7) is 4.91. The van der Waals surface area contributed by atoms with E-state index in [0.717, 1.165) is 0 Å². The Balaban J connectivity index is 2.60. The second-order valence-corrected chi connectivity index (χ2v) is 4.21. The molecule has 3 atom stereocenters. The monoisotopic (exact) mass is 284 g/mol. The zero-order chi connectivity index (χ0) is 15.0. The molecule has 0 amide bonds. The molecule has 1 heterocycles. The third-order valence-corrected chi connectivity index (χ3v) is 2.48. The average Bonchev–Trinajstić information content (AvgIpc) is 2.38. The van der Waals surface area contributed by atoms with E-state index in [2.05, 4.69) is 0 Å². The van der Waals surface area contributed by atoms with Crippen LogP contribution in [0.4, 0.5) is 0 Å². The molecule has 0 radical (unpaired) electrons. The Bertz CT molecular complexity index is 387. The molecule has 0 spiro atoms. The Kier molecular flexibility index (Phi) is 6.97. The summed E-state index contributed by atoms with van der Waals surface area (Å²) in [5.41, 5.74) is 0. The van der Waals surface area contributed by atoms with Crippen molar-refractivity contribution < 1.29 is 28.5 Å². The Morgan fingerprint density at radius 1 is 1.25 bits per heavy atom. The van der Waals surface area contributed by atoms with Crippen molar-refractivity contribution in [3.63, 3.8) is 0 Å². The molecule has 112 valence electrons. The maximum atomic E-state index is 11.0. The van der Waals surface area contributed by atoms with Crippen molar-refractivity contribution in [3.05, 3.63) is 24.3 Å². The van der Waals surface area contributed by atoms with E-state index in [1.165, 1.54) is 13.8 Å². The largest absolute Gasteiger partial charge is 0.463 e. The number of carbonyl (C=O) groups excluding carboxylic acids is 2. The topological polar surface area (TPSA) is 71.1 Å². The molecule has 1 aliphatic heterocycles. The fourth-order valence-electron chi connectivity index (χ4n) is 1.60. The van der Waals surface area contributed by atoms with Crippen LogP contribution in [0.25, 0.3) is 0 Å². The van der Waals surface area contributed by atoms with Gasteiger partial charge in [-0.3, -0.25) is 9.59 Å². The van der Waals surface area contributed by atoms with Crippen LogP contribution >= 0.6 is 0 Å². The van der Waals surface area contributed by atoms with Crippen LogP contribution in [0.5, 0.6) is 0 Å². The lowest BCUT2D eigenvalue weighted by atomic mass is 10.1. The normalized spacial score (nSPS) is 25.6. The molecule has 0 saturated carbocycles. The number of rotatable bonds is 6. The van der Waals surface area contributed by atoms with Gasteiger partial charge in [0.2, 0.25) is 0 Å². The van der Waals surface area contributed by atoms with Gasteiger partial charge in [0.15, 0.2) is 6.29 Å². The van der Waals surface area contributed by atoms with Crippen LogP contribution in [0.1, 0.15) is 20.8 Å². The Morgan fingerprint density at radius 3 is 2.60 bits per heavy atom. The molecule has 0 bridgehead atoms. The molecule has 0 fully saturated rings. The molecular weight excluding hydrogens is 264 g/mol. The van der Waals surface area contributed by atoms with Crippen molar-refractivity contribution >= 4 is 11.9 Å². The van der Waals surface area contributed by atoms with Crippen LogP contribution in [0.15, 0.2) is 24.3 Å². The molecule has 0 saturated heterocycles. The van der Waals surface area contributed by atoms with Crippen molar-refractivity contribution in [2.45, 2.75) is 39.3 Å². The summed E-state index contributed by atoms with van der Waals surface area (Å²) < 4.78 is 21.0. The number of hydrogen-bond acceptors (Lipinski definition) is 6. The molecule has 20 heavy (non-hydrogen) atoms. The highest BCUT2D eigenvalue weighted by Crippen LogP contribution is 2.17. The number of esters is 2. The molecule has 0 aromatic rings. The van der Waals surface area contributed by atoms with Gasteiger partial charge in [0, 0.05) is 13.8 Å². The van der Waals surface area contributed by atoms with Gasteiger partial charge in [-0.15, -0.1) is 0 Å². The van der Waals surface area contributed by atoms with Gasteiger partial charge >= 0.3 is 11.9 Å². The van der Waals surface area contributed by atoms with Crippen LogP contribution in [0.3, 0.4) is 0 Å². The van der Waals surface area contributed by atoms with Gasteiger partial charge in [-0.2, -0.15) is 0 Å². The van der Waals surface area contributed by atoms with Crippen LogP contribution < -0.4 is 0 Å². The predicted molar refractivity (Wildman–Crippen MR) is 70.8 cm³/mol. The van der Waals surface area contributed by atoms with Gasteiger partial charge in [0.25, 0.3) is 0 Å². The zero-order valence-corrected chi connectivity index (χ0v) is 11.9. The third kappa shape index (κ3) is 5.99. The number of allylic oxidation sites excluding steroid dienone is 1. The Morgan fingerprint density at radius 2 is 2.00 bits per heavy atom. The lowest BCUT2D eigenvalue weighted by Crippen LogP contribution is -2.42. The van der Waals surface area contributed by atoms with Crippen molar-refractivity contribution in [1.82, 2.24) is 0 Å². The molecule has 0 aromatic heterocycles. The number of hydrogen-bond donors (Lipinski definition) is 0. The molecule has 1 rings (SSSR count). The maximum Gasteiger partial charge on any atom is 0.303 e. The second-order valence-electron chi connectivity index (χ2n) is 4.21. The first-order valence-electron chi connectivity index (χ1n) is 6.40. The van der Waals surface area contributed by atoms with Crippen molar-refractivity contribution in [3.8, 4) is 0 Å². The number of ether oxygens (including phenoxy) is 4. The number of carbonyl (C=O) groups is 2. The summed E-state index contributed by atoms with van der Waals surface area (Å²) in [5.74, 6) is -0.847. The molecule has 6 nitrogen and oxygen atoms in total. The summed E-state index contributed by atoms with van der Waals surface area (Å²) in [4.78, 5) is 21.9. The molecule has 0 aliphatic carbocycles. The molecule has 6 heteroatoms. The van der Waals surface area contributed by atoms with E-state index in [9.17, 15) is 9.59 Å². The third-order valence-electron chi connectivity index (χ3n) is 2.48. The van der Waals surface area contributed by atoms with Crippen molar-refractivity contribution in [2.24, 2.45) is 0 Å². The quantitative estimate of drug-likeness (QED) is 0.541. The Hall–Kier alpha value is -1.66. The van der Waals surface area contributed by atoms with Gasteiger partial charge in [-0.05, 0) is 19.1 Å². The molecule has 1 unspecified atom stereocenters. The second kappa shape index (κ2) is 8.50. The lowest BCUT2D eigenvalue weighted by Gasteiger charge is -2.31. The van der Waals surface area contributed by atoms with Crippen molar-refractivity contribution in [2.75, 3.05) is 13.2 Å². The van der Waals surface area contributed by atoms with Gasteiger partial charge in [-0.1, -0.05) is 12.2 Å². The van der Waals surface area contributed by atoms with E-state index >= 15 is 0 Å². The first kappa shape index (κ1) is 16.4. The van der Waals surface area contributed by atoms with E-state index in [1.807, 2.05) is 19.1 Å². The van der Waals surface area contributed by atoms with Gasteiger partial charge in [0.05, 0.1) is 6.61 Å². The minimum atomic E-state index is -0.589. The van der Waals surface area contributed by atoms with Gasteiger partial charge < -0.3 is 18.9 Å². The molecule has 0 aromatic carbocycles. The summed E-state index contributed by atoms with van der Waals surface area (Å²) in [7, 11) is 0. The fraction of sp³-hybridized carbons (Fsp3) is 0.571. The fourth-order valence-corrected chi connectivity index (χ4v) is 1.60.